The largest absolute Gasteiger partial charge is 0.392 e. The third kappa shape index (κ3) is 2.36. The number of nitrogens with zero attached hydrogens (tertiary/aromatic N) is 3. The van der Waals surface area contributed by atoms with Gasteiger partial charge in [-0.15, -0.1) is 0 Å². The van der Waals surface area contributed by atoms with E-state index in [1.165, 1.54) is 0 Å². The monoisotopic (exact) mass is 247 g/mol. The first kappa shape index (κ1) is 12.6. The van der Waals surface area contributed by atoms with E-state index in [4.69, 9.17) is 0 Å². The molecule has 1 N–H and O–H groups in total. The predicted octanol–water partition coefficient (Wildman–Crippen LogP) is 0.854. The lowest BCUT2D eigenvalue weighted by Crippen LogP contribution is -2.21. The molecule has 0 aromatic carbocycles. The lowest BCUT2D eigenvalue weighted by molar-refractivity contribution is 0.280. The fourth-order valence-electron chi connectivity index (χ4n) is 2.03. The Bertz CT molecular complexity index is 599. The fourth-order valence-corrected chi connectivity index (χ4v) is 2.03. The number of aromatic nitrogens is 3. The summed E-state index contributed by atoms with van der Waals surface area (Å²) in [6.07, 6.45) is 1.76. The van der Waals surface area contributed by atoms with E-state index in [1.54, 1.807) is 22.9 Å². The molecular weight excluding hydrogens is 230 g/mol. The highest BCUT2D eigenvalue weighted by molar-refractivity contribution is 5.23. The molecule has 0 spiro atoms. The third-order valence-corrected chi connectivity index (χ3v) is 3.14. The fraction of sp³-hybridized carbons (Fsp3) is 0.385. The van der Waals surface area contributed by atoms with Gasteiger partial charge in [0, 0.05) is 30.1 Å². The summed E-state index contributed by atoms with van der Waals surface area (Å²) in [5.74, 6) is 0. The molecular formula is C13H17N3O2. The van der Waals surface area contributed by atoms with E-state index in [-0.39, 0.29) is 12.2 Å². The summed E-state index contributed by atoms with van der Waals surface area (Å²) in [4.78, 5) is 11.5. The number of aliphatic hydroxyl groups is 1. The van der Waals surface area contributed by atoms with Gasteiger partial charge >= 0.3 is 0 Å². The van der Waals surface area contributed by atoms with E-state index in [2.05, 4.69) is 5.10 Å². The van der Waals surface area contributed by atoms with Crippen LogP contribution >= 0.6 is 0 Å². The Hall–Kier alpha value is -1.88. The van der Waals surface area contributed by atoms with Gasteiger partial charge in [0.2, 0.25) is 0 Å². The first-order chi connectivity index (χ1) is 8.63. The summed E-state index contributed by atoms with van der Waals surface area (Å²) in [7, 11) is 0. The summed E-state index contributed by atoms with van der Waals surface area (Å²) >= 11 is 0. The van der Waals surface area contributed by atoms with Gasteiger partial charge in [-0.05, 0) is 19.9 Å². The second-order valence-corrected chi connectivity index (χ2v) is 4.26. The Morgan fingerprint density at radius 1 is 1.28 bits per heavy atom. The highest BCUT2D eigenvalue weighted by Gasteiger charge is 2.09. The molecule has 0 saturated carbocycles. The maximum Gasteiger partial charge on any atom is 0.250 e. The first-order valence-corrected chi connectivity index (χ1v) is 5.92. The summed E-state index contributed by atoms with van der Waals surface area (Å²) in [5.41, 5.74) is 2.66. The van der Waals surface area contributed by atoms with Gasteiger partial charge in [0.05, 0.1) is 18.8 Å². The maximum atomic E-state index is 11.5. The smallest absolute Gasteiger partial charge is 0.250 e. The van der Waals surface area contributed by atoms with E-state index in [9.17, 15) is 9.90 Å². The SMILES string of the molecule is Cc1nn(CCn2ccccc2=O)c(C)c1CO. The van der Waals surface area contributed by atoms with E-state index in [0.717, 1.165) is 17.0 Å². The molecule has 0 aliphatic rings. The first-order valence-electron chi connectivity index (χ1n) is 5.92. The van der Waals surface area contributed by atoms with Crippen molar-refractivity contribution in [1.82, 2.24) is 14.3 Å². The minimum absolute atomic E-state index is 0.00293. The Labute approximate surface area is 105 Å². The Kier molecular flexibility index (Phi) is 3.62. The Morgan fingerprint density at radius 3 is 2.67 bits per heavy atom. The highest BCUT2D eigenvalue weighted by atomic mass is 16.3. The van der Waals surface area contributed by atoms with Crippen LogP contribution in [0.4, 0.5) is 0 Å². The molecule has 18 heavy (non-hydrogen) atoms. The number of aliphatic hydroxyl groups excluding tert-OH is 1. The van der Waals surface area contributed by atoms with Crippen LogP contribution in [0.2, 0.25) is 0 Å². The molecule has 5 nitrogen and oxygen atoms in total. The zero-order valence-electron chi connectivity index (χ0n) is 10.6. The van der Waals surface area contributed by atoms with Gasteiger partial charge in [0.15, 0.2) is 0 Å². The normalized spacial score (nSPS) is 10.8. The van der Waals surface area contributed by atoms with Crippen LogP contribution < -0.4 is 5.56 Å². The van der Waals surface area contributed by atoms with Gasteiger partial charge in [0.25, 0.3) is 5.56 Å². The average molecular weight is 247 g/mol. The van der Waals surface area contributed by atoms with Crippen molar-refractivity contribution in [2.75, 3.05) is 0 Å². The zero-order valence-corrected chi connectivity index (χ0v) is 10.6. The quantitative estimate of drug-likeness (QED) is 0.871. The predicted molar refractivity (Wildman–Crippen MR) is 68.3 cm³/mol. The molecule has 2 aromatic rings. The number of pyridine rings is 1. The van der Waals surface area contributed by atoms with Crippen molar-refractivity contribution in [3.8, 4) is 0 Å². The molecule has 0 unspecified atom stereocenters. The van der Waals surface area contributed by atoms with Crippen LogP contribution in [0.3, 0.4) is 0 Å². The van der Waals surface area contributed by atoms with Crippen LogP contribution in [0.25, 0.3) is 0 Å². The molecule has 0 aliphatic heterocycles. The summed E-state index contributed by atoms with van der Waals surface area (Å²) in [5, 5.41) is 13.6. The molecule has 0 aliphatic carbocycles. The molecule has 96 valence electrons. The lowest BCUT2D eigenvalue weighted by Gasteiger charge is -2.07. The van der Waals surface area contributed by atoms with Crippen molar-refractivity contribution in [2.45, 2.75) is 33.5 Å². The van der Waals surface area contributed by atoms with Gasteiger partial charge in [-0.3, -0.25) is 9.48 Å². The van der Waals surface area contributed by atoms with Crippen molar-refractivity contribution in [3.63, 3.8) is 0 Å². The van der Waals surface area contributed by atoms with Crippen molar-refractivity contribution in [2.24, 2.45) is 0 Å². The van der Waals surface area contributed by atoms with E-state index >= 15 is 0 Å². The van der Waals surface area contributed by atoms with Crippen LogP contribution in [-0.4, -0.2) is 19.5 Å². The van der Waals surface area contributed by atoms with E-state index in [1.807, 2.05) is 24.6 Å². The molecule has 0 bridgehead atoms. The lowest BCUT2D eigenvalue weighted by atomic mass is 10.2. The summed E-state index contributed by atoms with van der Waals surface area (Å²) in [6, 6.07) is 5.11. The number of hydrogen-bond acceptors (Lipinski definition) is 3. The molecule has 2 aromatic heterocycles. The second kappa shape index (κ2) is 5.18. The topological polar surface area (TPSA) is 60.0 Å². The Morgan fingerprint density at radius 2 is 2.06 bits per heavy atom. The van der Waals surface area contributed by atoms with Gasteiger partial charge in [-0.1, -0.05) is 6.07 Å². The molecule has 0 fully saturated rings. The van der Waals surface area contributed by atoms with Gasteiger partial charge in [0.1, 0.15) is 0 Å². The van der Waals surface area contributed by atoms with Gasteiger partial charge in [-0.25, -0.2) is 0 Å². The molecule has 2 heterocycles. The summed E-state index contributed by atoms with van der Waals surface area (Å²) in [6.45, 7) is 5.01. The van der Waals surface area contributed by atoms with Crippen molar-refractivity contribution < 1.29 is 5.11 Å². The maximum absolute atomic E-state index is 11.5. The molecule has 2 rings (SSSR count). The van der Waals surface area contributed by atoms with Crippen LogP contribution in [0, 0.1) is 13.8 Å². The minimum atomic E-state index is -0.0126. The zero-order chi connectivity index (χ0) is 13.1. The summed E-state index contributed by atoms with van der Waals surface area (Å²) < 4.78 is 3.48. The number of aryl methyl sites for hydroxylation is 3. The number of rotatable bonds is 4. The highest BCUT2D eigenvalue weighted by Crippen LogP contribution is 2.12. The van der Waals surface area contributed by atoms with Crippen LogP contribution in [0.15, 0.2) is 29.2 Å². The van der Waals surface area contributed by atoms with E-state index < -0.39 is 0 Å². The molecule has 0 atom stereocenters. The van der Waals surface area contributed by atoms with Crippen molar-refractivity contribution >= 4 is 0 Å². The van der Waals surface area contributed by atoms with Crippen LogP contribution in [0.5, 0.6) is 0 Å². The number of hydrogen-bond donors (Lipinski definition) is 1. The average Bonchev–Trinajstić information content (AvgIpc) is 2.63. The second-order valence-electron chi connectivity index (χ2n) is 4.26. The molecule has 5 heteroatoms. The molecule has 0 amide bonds. The van der Waals surface area contributed by atoms with Crippen LogP contribution in [-0.2, 0) is 19.7 Å². The van der Waals surface area contributed by atoms with Crippen LogP contribution in [0.1, 0.15) is 17.0 Å². The standard InChI is InChI=1S/C13H17N3O2/c1-10-12(9-17)11(2)16(14-10)8-7-15-6-4-3-5-13(15)18/h3-6,17H,7-9H2,1-2H3. The Balaban J connectivity index is 2.16. The van der Waals surface area contributed by atoms with Gasteiger partial charge in [-0.2, -0.15) is 5.10 Å². The van der Waals surface area contributed by atoms with E-state index in [0.29, 0.717) is 13.1 Å². The third-order valence-electron chi connectivity index (χ3n) is 3.14. The molecule has 0 saturated heterocycles. The van der Waals surface area contributed by atoms with Gasteiger partial charge < -0.3 is 9.67 Å². The minimum Gasteiger partial charge on any atom is -0.392 e. The molecule has 0 radical (unpaired) electrons. The van der Waals surface area contributed by atoms with Crippen molar-refractivity contribution in [3.05, 3.63) is 51.7 Å². The van der Waals surface area contributed by atoms with Crippen molar-refractivity contribution in [1.29, 1.82) is 0 Å².